The van der Waals surface area contributed by atoms with Gasteiger partial charge in [0, 0.05) is 18.7 Å². The standard InChI is InChI=1S/C31H31N5O2/c1-22-28(31(38)36(33-22)25-12-6-3-7-13-25)32-29-26-14-8-9-15-27(26)35(30(29)37)21-34-18-16-24(17-19-34)20-23-10-4-2-5-11-23/h2-15,24,33H,16-21H2,1H3. The summed E-state index contributed by atoms with van der Waals surface area (Å²) in [5.41, 5.74) is 4.65. The molecule has 6 rings (SSSR count). The lowest BCUT2D eigenvalue weighted by molar-refractivity contribution is -0.112. The molecule has 2 aliphatic rings. The van der Waals surface area contributed by atoms with Crippen molar-refractivity contribution in [2.45, 2.75) is 26.2 Å². The summed E-state index contributed by atoms with van der Waals surface area (Å²) in [6, 6.07) is 27.8. The maximum absolute atomic E-state index is 13.7. The second-order valence-electron chi connectivity index (χ2n) is 10.2. The zero-order valence-corrected chi connectivity index (χ0v) is 21.5. The van der Waals surface area contributed by atoms with Crippen LogP contribution in [0.25, 0.3) is 5.69 Å². The first-order chi connectivity index (χ1) is 18.6. The minimum Gasteiger partial charge on any atom is -0.293 e. The van der Waals surface area contributed by atoms with Crippen molar-refractivity contribution in [1.29, 1.82) is 0 Å². The van der Waals surface area contributed by atoms with Crippen LogP contribution < -0.4 is 10.5 Å². The lowest BCUT2D eigenvalue weighted by atomic mass is 9.90. The number of hydrogen-bond donors (Lipinski definition) is 1. The Morgan fingerprint density at radius 2 is 1.53 bits per heavy atom. The van der Waals surface area contributed by atoms with E-state index >= 15 is 0 Å². The molecule has 3 aromatic carbocycles. The lowest BCUT2D eigenvalue weighted by Gasteiger charge is -2.34. The first-order valence-corrected chi connectivity index (χ1v) is 13.2. The maximum atomic E-state index is 13.7. The number of aryl methyl sites for hydroxylation is 1. The molecule has 1 fully saturated rings. The third-order valence-corrected chi connectivity index (χ3v) is 7.59. The van der Waals surface area contributed by atoms with Gasteiger partial charge < -0.3 is 0 Å². The van der Waals surface area contributed by atoms with E-state index in [2.05, 4.69) is 45.3 Å². The predicted molar refractivity (Wildman–Crippen MR) is 151 cm³/mol. The van der Waals surface area contributed by atoms with Gasteiger partial charge in [-0.15, -0.1) is 0 Å². The molecule has 7 nitrogen and oxygen atoms in total. The second kappa shape index (κ2) is 10.3. The highest BCUT2D eigenvalue weighted by Gasteiger charge is 2.36. The summed E-state index contributed by atoms with van der Waals surface area (Å²) in [6.07, 6.45) is 3.33. The average Bonchev–Trinajstić information content (AvgIpc) is 3.39. The molecule has 4 aromatic rings. The van der Waals surface area contributed by atoms with Gasteiger partial charge in [0.05, 0.1) is 23.7 Å². The largest absolute Gasteiger partial charge is 0.297 e. The average molecular weight is 506 g/mol. The number of hydrogen-bond acceptors (Lipinski definition) is 4. The summed E-state index contributed by atoms with van der Waals surface area (Å²) < 4.78 is 1.47. The van der Waals surface area contributed by atoms with Crippen molar-refractivity contribution in [2.75, 3.05) is 24.7 Å². The van der Waals surface area contributed by atoms with Gasteiger partial charge in [-0.3, -0.25) is 24.5 Å². The Balaban J connectivity index is 1.22. The Bertz CT molecular complexity index is 1530. The van der Waals surface area contributed by atoms with Crippen molar-refractivity contribution in [3.05, 3.63) is 112 Å². The van der Waals surface area contributed by atoms with Gasteiger partial charge in [-0.05, 0) is 55.9 Å². The Labute approximate surface area is 222 Å². The molecule has 1 amide bonds. The number of aromatic amines is 1. The molecule has 0 atom stereocenters. The fraction of sp³-hybridized carbons (Fsp3) is 0.258. The number of anilines is 1. The van der Waals surface area contributed by atoms with Crippen molar-refractivity contribution in [2.24, 2.45) is 10.9 Å². The first-order valence-electron chi connectivity index (χ1n) is 13.2. The summed E-state index contributed by atoms with van der Waals surface area (Å²) in [5.74, 6) is 0.500. The molecule has 2 aliphatic heterocycles. The Morgan fingerprint density at radius 1 is 0.868 bits per heavy atom. The number of likely N-dealkylation sites (tertiary alicyclic amines) is 1. The smallest absolute Gasteiger partial charge is 0.293 e. The second-order valence-corrected chi connectivity index (χ2v) is 10.2. The number of H-pyrrole nitrogens is 1. The molecule has 0 spiro atoms. The van der Waals surface area contributed by atoms with Crippen LogP contribution in [0.15, 0.2) is 94.7 Å². The molecule has 3 heterocycles. The SMILES string of the molecule is Cc1[nH]n(-c2ccccc2)c(=O)c1N=C1C(=O)N(CN2CCC(Cc3ccccc3)CC2)c2ccccc21. The number of nitrogens with one attached hydrogen (secondary N) is 1. The maximum Gasteiger partial charge on any atom is 0.297 e. The van der Waals surface area contributed by atoms with Gasteiger partial charge in [0.2, 0.25) is 0 Å². The molecule has 0 bridgehead atoms. The number of piperidine rings is 1. The van der Waals surface area contributed by atoms with Crippen molar-refractivity contribution in [3.8, 4) is 5.69 Å². The molecular formula is C31H31N5O2. The van der Waals surface area contributed by atoms with E-state index in [1.54, 1.807) is 0 Å². The van der Waals surface area contributed by atoms with Gasteiger partial charge in [0.25, 0.3) is 11.5 Å². The third kappa shape index (κ3) is 4.61. The van der Waals surface area contributed by atoms with E-state index in [1.807, 2.05) is 66.4 Å². The number of fused-ring (bicyclic) bond motifs is 1. The summed E-state index contributed by atoms with van der Waals surface area (Å²) in [6.45, 7) is 4.24. The van der Waals surface area contributed by atoms with Crippen molar-refractivity contribution < 1.29 is 4.79 Å². The quantitative estimate of drug-likeness (QED) is 0.407. The fourth-order valence-corrected chi connectivity index (χ4v) is 5.53. The number of aromatic nitrogens is 2. The van der Waals surface area contributed by atoms with E-state index < -0.39 is 0 Å². The third-order valence-electron chi connectivity index (χ3n) is 7.59. The highest BCUT2D eigenvalue weighted by atomic mass is 16.2. The molecule has 1 aromatic heterocycles. The van der Waals surface area contributed by atoms with Gasteiger partial charge >= 0.3 is 0 Å². The number of benzene rings is 3. The summed E-state index contributed by atoms with van der Waals surface area (Å²) >= 11 is 0. The molecule has 0 saturated carbocycles. The van der Waals surface area contributed by atoms with Gasteiger partial charge in [0.15, 0.2) is 5.69 Å². The van der Waals surface area contributed by atoms with Gasteiger partial charge in [-0.1, -0.05) is 66.7 Å². The molecule has 38 heavy (non-hydrogen) atoms. The minimum absolute atomic E-state index is 0.163. The Hall–Kier alpha value is -4.23. The number of carbonyl (C=O) groups excluding carboxylic acids is 1. The number of nitrogens with zero attached hydrogens (tertiary/aromatic N) is 4. The van der Waals surface area contributed by atoms with Crippen LogP contribution in [0.5, 0.6) is 0 Å². The number of para-hydroxylation sites is 2. The number of amides is 1. The number of rotatable bonds is 6. The van der Waals surface area contributed by atoms with Crippen LogP contribution in [0.4, 0.5) is 11.4 Å². The summed E-state index contributed by atoms with van der Waals surface area (Å²) in [4.78, 5) is 35.8. The molecular weight excluding hydrogens is 474 g/mol. The summed E-state index contributed by atoms with van der Waals surface area (Å²) in [5, 5.41) is 3.10. The lowest BCUT2D eigenvalue weighted by Crippen LogP contribution is -2.44. The Morgan fingerprint density at radius 3 is 2.26 bits per heavy atom. The van der Waals surface area contributed by atoms with Gasteiger partial charge in [0.1, 0.15) is 5.71 Å². The first kappa shape index (κ1) is 24.1. The van der Waals surface area contributed by atoms with E-state index in [9.17, 15) is 9.59 Å². The molecule has 192 valence electrons. The summed E-state index contributed by atoms with van der Waals surface area (Å²) in [7, 11) is 0. The van der Waals surface area contributed by atoms with Crippen LogP contribution in [0.1, 0.15) is 29.7 Å². The van der Waals surface area contributed by atoms with E-state index in [-0.39, 0.29) is 17.2 Å². The van der Waals surface area contributed by atoms with Gasteiger partial charge in [-0.2, -0.15) is 0 Å². The van der Waals surface area contributed by atoms with Crippen molar-refractivity contribution in [1.82, 2.24) is 14.7 Å². The predicted octanol–water partition coefficient (Wildman–Crippen LogP) is 4.85. The van der Waals surface area contributed by atoms with Crippen molar-refractivity contribution >= 4 is 23.0 Å². The molecule has 1 N–H and O–H groups in total. The normalized spacial score (nSPS) is 17.3. The van der Waals surface area contributed by atoms with Crippen LogP contribution in [-0.4, -0.2) is 46.1 Å². The van der Waals surface area contributed by atoms with E-state index in [4.69, 9.17) is 0 Å². The molecule has 0 aliphatic carbocycles. The number of aliphatic imine (C=N–C) groups is 1. The van der Waals surface area contributed by atoms with Crippen LogP contribution in [0.3, 0.4) is 0 Å². The van der Waals surface area contributed by atoms with E-state index in [1.165, 1.54) is 10.2 Å². The minimum atomic E-state index is -0.273. The number of carbonyl (C=O) groups is 1. The molecule has 0 unspecified atom stereocenters. The molecule has 0 radical (unpaired) electrons. The topological polar surface area (TPSA) is 73.7 Å². The molecule has 1 saturated heterocycles. The van der Waals surface area contributed by atoms with Crippen LogP contribution in [0, 0.1) is 12.8 Å². The molecule has 7 heteroatoms. The van der Waals surface area contributed by atoms with Gasteiger partial charge in [-0.25, -0.2) is 9.67 Å². The monoisotopic (exact) mass is 505 g/mol. The van der Waals surface area contributed by atoms with E-state index in [0.717, 1.165) is 49.3 Å². The van der Waals surface area contributed by atoms with Crippen molar-refractivity contribution in [3.63, 3.8) is 0 Å². The zero-order chi connectivity index (χ0) is 26.1. The van der Waals surface area contributed by atoms with E-state index in [0.29, 0.717) is 24.0 Å². The van der Waals surface area contributed by atoms with Crippen LogP contribution in [-0.2, 0) is 11.2 Å². The van der Waals surface area contributed by atoms with Crippen LogP contribution >= 0.6 is 0 Å². The zero-order valence-electron chi connectivity index (χ0n) is 21.5. The highest BCUT2D eigenvalue weighted by Crippen LogP contribution is 2.32. The Kier molecular flexibility index (Phi) is 6.52. The fourth-order valence-electron chi connectivity index (χ4n) is 5.53. The highest BCUT2D eigenvalue weighted by molar-refractivity contribution is 6.54. The van der Waals surface area contributed by atoms with Crippen LogP contribution in [0.2, 0.25) is 0 Å².